The van der Waals surface area contributed by atoms with Crippen molar-refractivity contribution in [1.82, 2.24) is 19.8 Å². The van der Waals surface area contributed by atoms with E-state index in [0.29, 0.717) is 54.4 Å². The van der Waals surface area contributed by atoms with Crippen LogP contribution in [-0.4, -0.2) is 63.9 Å². The lowest BCUT2D eigenvalue weighted by Gasteiger charge is -2.74. The zero-order valence-electron chi connectivity index (χ0n) is 21.1. The summed E-state index contributed by atoms with van der Waals surface area (Å²) in [6.07, 6.45) is 3.36. The SMILES string of the molecule is C[C@@H]1C2(C)CC1(NC(=O)c1c(O)c3cc(-c4ccc(F)cc4)cnc3n(CCN3CCOCC3)c1=O)C2. The van der Waals surface area contributed by atoms with Crippen LogP contribution in [0, 0.1) is 17.2 Å². The Morgan fingerprint density at radius 1 is 1.19 bits per heavy atom. The fraction of sp³-hybridized carbons (Fsp3) is 0.464. The maximum atomic E-state index is 13.7. The molecule has 194 valence electrons. The van der Waals surface area contributed by atoms with Gasteiger partial charge in [-0.15, -0.1) is 0 Å². The molecule has 1 aliphatic heterocycles. The van der Waals surface area contributed by atoms with Crippen molar-refractivity contribution in [3.63, 3.8) is 0 Å². The molecule has 0 radical (unpaired) electrons. The molecule has 4 fully saturated rings. The van der Waals surface area contributed by atoms with E-state index in [2.05, 4.69) is 29.0 Å². The largest absolute Gasteiger partial charge is 0.506 e. The fourth-order valence-corrected chi connectivity index (χ4v) is 6.48. The first-order chi connectivity index (χ1) is 17.7. The lowest BCUT2D eigenvalue weighted by atomic mass is 9.34. The summed E-state index contributed by atoms with van der Waals surface area (Å²) >= 11 is 0. The van der Waals surface area contributed by atoms with Crippen LogP contribution in [0.25, 0.3) is 22.2 Å². The molecule has 2 bridgehead atoms. The van der Waals surface area contributed by atoms with Crippen molar-refractivity contribution in [3.8, 4) is 16.9 Å². The molecule has 4 aliphatic rings. The number of aromatic hydroxyl groups is 1. The molecule has 8 nitrogen and oxygen atoms in total. The Morgan fingerprint density at radius 2 is 1.89 bits per heavy atom. The quantitative estimate of drug-likeness (QED) is 0.533. The van der Waals surface area contributed by atoms with Crippen LogP contribution in [0.3, 0.4) is 0 Å². The highest BCUT2D eigenvalue weighted by molar-refractivity contribution is 6.02. The molecule has 3 aliphatic carbocycles. The monoisotopic (exact) mass is 506 g/mol. The average Bonchev–Trinajstić information content (AvgIpc) is 2.89. The lowest BCUT2D eigenvalue weighted by molar-refractivity contribution is -0.202. The number of hydrogen-bond acceptors (Lipinski definition) is 6. The first kappa shape index (κ1) is 24.1. The smallest absolute Gasteiger partial charge is 0.268 e. The van der Waals surface area contributed by atoms with Crippen LogP contribution in [0.1, 0.15) is 37.0 Å². The van der Waals surface area contributed by atoms with E-state index >= 15 is 0 Å². The van der Waals surface area contributed by atoms with Crippen molar-refractivity contribution >= 4 is 16.9 Å². The van der Waals surface area contributed by atoms with Gasteiger partial charge in [0.15, 0.2) is 0 Å². The third kappa shape index (κ3) is 3.83. The minimum absolute atomic E-state index is 0.241. The standard InChI is InChI=1S/C28H31FN4O4/c1-17-27(2)15-28(17,16-27)31-25(35)22-23(34)21-13-19(18-3-5-20(29)6-4-18)14-30-24(21)33(26(22)36)8-7-32-9-11-37-12-10-32/h3-6,13-14,17,34H,7-12,15-16H2,1-2H3,(H,31,35)/t17-,27?,28?/m1/s1. The van der Waals surface area contributed by atoms with Crippen LogP contribution in [0.2, 0.25) is 0 Å². The summed E-state index contributed by atoms with van der Waals surface area (Å²) in [7, 11) is 0. The van der Waals surface area contributed by atoms with Crippen molar-refractivity contribution in [2.45, 2.75) is 38.8 Å². The summed E-state index contributed by atoms with van der Waals surface area (Å²) in [6.45, 7) is 8.03. The summed E-state index contributed by atoms with van der Waals surface area (Å²) in [5.41, 5.74) is 0.788. The molecule has 2 aromatic heterocycles. The topological polar surface area (TPSA) is 96.7 Å². The number of amides is 1. The van der Waals surface area contributed by atoms with Crippen molar-refractivity contribution in [3.05, 3.63) is 58.3 Å². The number of carbonyl (C=O) groups excluding carboxylic acids is 1. The van der Waals surface area contributed by atoms with Gasteiger partial charge in [-0.1, -0.05) is 26.0 Å². The number of morpholine rings is 1. The molecule has 3 saturated carbocycles. The maximum Gasteiger partial charge on any atom is 0.268 e. The van der Waals surface area contributed by atoms with Crippen molar-refractivity contribution in [2.24, 2.45) is 11.3 Å². The second-order valence-electron chi connectivity index (χ2n) is 11.1. The molecule has 1 atom stereocenters. The molecule has 1 amide bonds. The highest BCUT2D eigenvalue weighted by atomic mass is 19.1. The number of hydrogen-bond donors (Lipinski definition) is 2. The van der Waals surface area contributed by atoms with Crippen molar-refractivity contribution in [1.29, 1.82) is 0 Å². The number of halogens is 1. The van der Waals surface area contributed by atoms with Gasteiger partial charge in [-0.3, -0.25) is 19.1 Å². The minimum Gasteiger partial charge on any atom is -0.506 e. The number of nitrogens with one attached hydrogen (secondary N) is 1. The van der Waals surface area contributed by atoms with E-state index < -0.39 is 11.5 Å². The van der Waals surface area contributed by atoms with Crippen molar-refractivity contribution in [2.75, 3.05) is 32.8 Å². The second kappa shape index (κ2) is 8.63. The van der Waals surface area contributed by atoms with Gasteiger partial charge in [0.05, 0.1) is 18.6 Å². The molecule has 3 aromatic rings. The van der Waals surface area contributed by atoms with E-state index in [1.165, 1.54) is 16.7 Å². The molecule has 0 spiro atoms. The highest BCUT2D eigenvalue weighted by Crippen LogP contribution is 2.70. The number of ether oxygens (including phenoxy) is 1. The number of nitrogens with zero attached hydrogens (tertiary/aromatic N) is 3. The van der Waals surface area contributed by atoms with E-state index in [1.54, 1.807) is 24.4 Å². The van der Waals surface area contributed by atoms with Gasteiger partial charge in [0.1, 0.15) is 22.8 Å². The van der Waals surface area contributed by atoms with Gasteiger partial charge in [-0.25, -0.2) is 9.37 Å². The predicted molar refractivity (Wildman–Crippen MR) is 137 cm³/mol. The van der Waals surface area contributed by atoms with E-state index in [-0.39, 0.29) is 28.1 Å². The zero-order chi connectivity index (χ0) is 25.9. The van der Waals surface area contributed by atoms with E-state index in [1.807, 2.05) is 0 Å². The number of rotatable bonds is 6. The van der Waals surface area contributed by atoms with Crippen LogP contribution in [-0.2, 0) is 11.3 Å². The van der Waals surface area contributed by atoms with Gasteiger partial charge in [0.25, 0.3) is 11.5 Å². The third-order valence-corrected chi connectivity index (χ3v) is 8.90. The number of carbonyl (C=O) groups is 1. The van der Waals surface area contributed by atoms with Crippen LogP contribution < -0.4 is 10.9 Å². The summed E-state index contributed by atoms with van der Waals surface area (Å²) in [6, 6.07) is 7.67. The molecule has 9 heteroatoms. The van der Waals surface area contributed by atoms with Gasteiger partial charge < -0.3 is 15.2 Å². The Labute approximate surface area is 214 Å². The fourth-order valence-electron chi connectivity index (χ4n) is 6.48. The summed E-state index contributed by atoms with van der Waals surface area (Å²) in [5.74, 6) is -0.956. The predicted octanol–water partition coefficient (Wildman–Crippen LogP) is 3.16. The van der Waals surface area contributed by atoms with Crippen LogP contribution in [0.4, 0.5) is 4.39 Å². The normalized spacial score (nSPS) is 26.9. The van der Waals surface area contributed by atoms with Gasteiger partial charge in [-0.05, 0) is 47.9 Å². The Bertz CT molecular complexity index is 1440. The molecule has 0 unspecified atom stereocenters. The highest BCUT2D eigenvalue weighted by Gasteiger charge is 2.71. The third-order valence-electron chi connectivity index (χ3n) is 8.90. The minimum atomic E-state index is -0.553. The number of fused-ring (bicyclic) bond motifs is 1. The van der Waals surface area contributed by atoms with Crippen LogP contribution in [0.5, 0.6) is 5.75 Å². The Kier molecular flexibility index (Phi) is 5.61. The Hall–Kier alpha value is -3.30. The van der Waals surface area contributed by atoms with Crippen LogP contribution in [0.15, 0.2) is 41.3 Å². The molecule has 7 rings (SSSR count). The van der Waals surface area contributed by atoms with Gasteiger partial charge in [0.2, 0.25) is 0 Å². The molecule has 1 aromatic carbocycles. The average molecular weight is 507 g/mol. The molecule has 1 saturated heterocycles. The second-order valence-corrected chi connectivity index (χ2v) is 11.1. The van der Waals surface area contributed by atoms with Crippen LogP contribution >= 0.6 is 0 Å². The Balaban J connectivity index is 1.42. The summed E-state index contributed by atoms with van der Waals surface area (Å²) < 4.78 is 20.4. The Morgan fingerprint density at radius 3 is 2.54 bits per heavy atom. The zero-order valence-corrected chi connectivity index (χ0v) is 21.1. The molecular formula is C28H31FN4O4. The van der Waals surface area contributed by atoms with E-state index in [0.717, 1.165) is 25.9 Å². The lowest BCUT2D eigenvalue weighted by Crippen LogP contribution is -2.79. The molecular weight excluding hydrogens is 475 g/mol. The van der Waals surface area contributed by atoms with Gasteiger partial charge in [0, 0.05) is 43.5 Å². The maximum absolute atomic E-state index is 13.7. The molecule has 3 heterocycles. The van der Waals surface area contributed by atoms with Gasteiger partial charge >= 0.3 is 0 Å². The summed E-state index contributed by atoms with van der Waals surface area (Å²) in [5, 5.41) is 14.7. The molecule has 37 heavy (non-hydrogen) atoms. The van der Waals surface area contributed by atoms with Crippen molar-refractivity contribution < 1.29 is 19.0 Å². The van der Waals surface area contributed by atoms with E-state index in [4.69, 9.17) is 4.74 Å². The first-order valence-corrected chi connectivity index (χ1v) is 12.8. The summed E-state index contributed by atoms with van der Waals surface area (Å²) in [4.78, 5) is 33.9. The first-order valence-electron chi connectivity index (χ1n) is 12.8. The van der Waals surface area contributed by atoms with Gasteiger partial charge in [-0.2, -0.15) is 0 Å². The van der Waals surface area contributed by atoms with E-state index in [9.17, 15) is 19.1 Å². The number of pyridine rings is 2. The molecule has 2 N–H and O–H groups in total. The number of aromatic nitrogens is 2. The number of benzene rings is 1.